The molecule has 0 aliphatic heterocycles. The molecule has 0 aliphatic carbocycles. The predicted molar refractivity (Wildman–Crippen MR) is 77.3 cm³/mol. The Morgan fingerprint density at radius 1 is 0.944 bits per heavy atom. The first-order valence-corrected chi connectivity index (χ1v) is 6.31. The zero-order chi connectivity index (χ0) is 12.7. The van der Waals surface area contributed by atoms with Gasteiger partial charge in [0.15, 0.2) is 5.58 Å². The molecule has 2 nitrogen and oxygen atoms in total. The second kappa shape index (κ2) is 4.05. The van der Waals surface area contributed by atoms with Crippen LogP contribution in [-0.4, -0.2) is 13.1 Å². The van der Waals surface area contributed by atoms with Gasteiger partial charge in [-0.1, -0.05) is 30.3 Å². The standard InChI is InChI=1S/C16H17NO/c1-11(2)17(3)14-9-6-8-13-12-7-4-5-10-15(12)18-16(13)14/h4-11H,1-3H3. The van der Waals surface area contributed by atoms with E-state index >= 15 is 0 Å². The molecule has 0 amide bonds. The smallest absolute Gasteiger partial charge is 0.158 e. The highest BCUT2D eigenvalue weighted by molar-refractivity contribution is 6.08. The van der Waals surface area contributed by atoms with Gasteiger partial charge in [-0.15, -0.1) is 0 Å². The summed E-state index contributed by atoms with van der Waals surface area (Å²) >= 11 is 0. The number of anilines is 1. The fourth-order valence-electron chi connectivity index (χ4n) is 2.29. The summed E-state index contributed by atoms with van der Waals surface area (Å²) in [6, 6.07) is 15.0. The van der Waals surface area contributed by atoms with E-state index in [1.165, 1.54) is 10.8 Å². The Bertz CT molecular complexity index is 696. The Morgan fingerprint density at radius 3 is 2.44 bits per heavy atom. The van der Waals surface area contributed by atoms with Crippen LogP contribution >= 0.6 is 0 Å². The van der Waals surface area contributed by atoms with Crippen molar-refractivity contribution in [2.24, 2.45) is 0 Å². The second-order valence-electron chi connectivity index (χ2n) is 4.96. The molecule has 0 unspecified atom stereocenters. The fraction of sp³-hybridized carbons (Fsp3) is 0.250. The molecular weight excluding hydrogens is 222 g/mol. The number of para-hydroxylation sites is 2. The highest BCUT2D eigenvalue weighted by Gasteiger charge is 2.14. The van der Waals surface area contributed by atoms with E-state index in [-0.39, 0.29) is 0 Å². The SMILES string of the molecule is CC(C)N(C)c1cccc2c1oc1ccccc12. The van der Waals surface area contributed by atoms with E-state index in [0.717, 1.165) is 16.9 Å². The van der Waals surface area contributed by atoms with Gasteiger partial charge in [0.2, 0.25) is 0 Å². The van der Waals surface area contributed by atoms with Gasteiger partial charge in [-0.3, -0.25) is 0 Å². The van der Waals surface area contributed by atoms with Gasteiger partial charge in [0.05, 0.1) is 5.69 Å². The topological polar surface area (TPSA) is 16.4 Å². The van der Waals surface area contributed by atoms with Crippen molar-refractivity contribution < 1.29 is 4.42 Å². The molecule has 2 aromatic carbocycles. The predicted octanol–water partition coefficient (Wildman–Crippen LogP) is 4.43. The number of furan rings is 1. The van der Waals surface area contributed by atoms with Crippen LogP contribution in [0.4, 0.5) is 5.69 Å². The lowest BCUT2D eigenvalue weighted by atomic mass is 10.1. The van der Waals surface area contributed by atoms with Crippen LogP contribution in [0.3, 0.4) is 0 Å². The molecule has 3 aromatic rings. The third-order valence-electron chi connectivity index (χ3n) is 3.54. The summed E-state index contributed by atoms with van der Waals surface area (Å²) in [7, 11) is 2.10. The zero-order valence-corrected chi connectivity index (χ0v) is 11.0. The number of benzene rings is 2. The molecule has 3 rings (SSSR count). The maximum atomic E-state index is 6.01. The summed E-state index contributed by atoms with van der Waals surface area (Å²) in [6.07, 6.45) is 0. The Labute approximate surface area is 107 Å². The van der Waals surface area contributed by atoms with Gasteiger partial charge in [0, 0.05) is 23.9 Å². The van der Waals surface area contributed by atoms with E-state index in [1.807, 2.05) is 12.1 Å². The van der Waals surface area contributed by atoms with E-state index in [9.17, 15) is 0 Å². The van der Waals surface area contributed by atoms with E-state index in [4.69, 9.17) is 4.42 Å². The Kier molecular flexibility index (Phi) is 2.51. The monoisotopic (exact) mass is 239 g/mol. The lowest BCUT2D eigenvalue weighted by Crippen LogP contribution is -2.25. The molecule has 0 saturated carbocycles. The fourth-order valence-corrected chi connectivity index (χ4v) is 2.29. The summed E-state index contributed by atoms with van der Waals surface area (Å²) in [5.41, 5.74) is 3.09. The first-order valence-electron chi connectivity index (χ1n) is 6.31. The average Bonchev–Trinajstić information content (AvgIpc) is 2.76. The Hall–Kier alpha value is -1.96. The second-order valence-corrected chi connectivity index (χ2v) is 4.96. The molecular formula is C16H17NO. The van der Waals surface area contributed by atoms with Gasteiger partial charge in [-0.25, -0.2) is 0 Å². The molecule has 92 valence electrons. The minimum absolute atomic E-state index is 0.448. The minimum atomic E-state index is 0.448. The molecule has 0 bridgehead atoms. The zero-order valence-electron chi connectivity index (χ0n) is 11.0. The van der Waals surface area contributed by atoms with Gasteiger partial charge in [0.1, 0.15) is 5.58 Å². The van der Waals surface area contributed by atoms with Crippen molar-refractivity contribution in [3.8, 4) is 0 Å². The van der Waals surface area contributed by atoms with E-state index in [2.05, 4.69) is 56.1 Å². The van der Waals surface area contributed by atoms with Crippen molar-refractivity contribution in [2.45, 2.75) is 19.9 Å². The number of hydrogen-bond acceptors (Lipinski definition) is 2. The first-order chi connectivity index (χ1) is 8.68. The molecule has 18 heavy (non-hydrogen) atoms. The summed E-state index contributed by atoms with van der Waals surface area (Å²) in [4.78, 5) is 2.24. The van der Waals surface area contributed by atoms with Gasteiger partial charge in [0.25, 0.3) is 0 Å². The van der Waals surface area contributed by atoms with Gasteiger partial charge >= 0.3 is 0 Å². The highest BCUT2D eigenvalue weighted by atomic mass is 16.3. The van der Waals surface area contributed by atoms with Crippen molar-refractivity contribution in [1.82, 2.24) is 0 Å². The number of fused-ring (bicyclic) bond motifs is 3. The molecule has 0 atom stereocenters. The third kappa shape index (κ3) is 1.57. The van der Waals surface area contributed by atoms with Gasteiger partial charge in [-0.2, -0.15) is 0 Å². The Morgan fingerprint density at radius 2 is 1.67 bits per heavy atom. The molecule has 2 heteroatoms. The number of nitrogens with zero attached hydrogens (tertiary/aromatic N) is 1. The van der Waals surface area contributed by atoms with Crippen LogP contribution in [-0.2, 0) is 0 Å². The highest BCUT2D eigenvalue weighted by Crippen LogP contribution is 2.34. The first kappa shape index (κ1) is 11.1. The van der Waals surface area contributed by atoms with Crippen molar-refractivity contribution in [3.63, 3.8) is 0 Å². The van der Waals surface area contributed by atoms with E-state index in [1.54, 1.807) is 0 Å². The van der Waals surface area contributed by atoms with Crippen LogP contribution in [0.5, 0.6) is 0 Å². The molecule has 1 heterocycles. The lowest BCUT2D eigenvalue weighted by Gasteiger charge is -2.23. The summed E-state index contributed by atoms with van der Waals surface area (Å²) < 4.78 is 6.01. The van der Waals surface area contributed by atoms with E-state index < -0.39 is 0 Å². The van der Waals surface area contributed by atoms with Crippen molar-refractivity contribution >= 4 is 27.6 Å². The average molecular weight is 239 g/mol. The molecule has 0 aliphatic rings. The number of hydrogen-bond donors (Lipinski definition) is 0. The third-order valence-corrected chi connectivity index (χ3v) is 3.54. The van der Waals surface area contributed by atoms with Crippen LogP contribution in [0.1, 0.15) is 13.8 Å². The minimum Gasteiger partial charge on any atom is -0.454 e. The normalized spacial score (nSPS) is 11.6. The van der Waals surface area contributed by atoms with Crippen LogP contribution in [0, 0.1) is 0 Å². The van der Waals surface area contributed by atoms with E-state index in [0.29, 0.717) is 6.04 Å². The van der Waals surface area contributed by atoms with Gasteiger partial charge in [-0.05, 0) is 26.0 Å². The molecule has 0 fully saturated rings. The molecule has 0 saturated heterocycles. The van der Waals surface area contributed by atoms with Crippen molar-refractivity contribution in [2.75, 3.05) is 11.9 Å². The van der Waals surface area contributed by atoms with Crippen LogP contribution in [0.25, 0.3) is 21.9 Å². The molecule has 0 spiro atoms. The molecule has 0 N–H and O–H groups in total. The summed E-state index contributed by atoms with van der Waals surface area (Å²) in [6.45, 7) is 4.36. The van der Waals surface area contributed by atoms with Gasteiger partial charge < -0.3 is 9.32 Å². The molecule has 1 aromatic heterocycles. The Balaban J connectivity index is 2.34. The van der Waals surface area contributed by atoms with Crippen LogP contribution in [0.2, 0.25) is 0 Å². The maximum Gasteiger partial charge on any atom is 0.158 e. The maximum absolute atomic E-state index is 6.01. The van der Waals surface area contributed by atoms with Crippen LogP contribution in [0.15, 0.2) is 46.9 Å². The lowest BCUT2D eigenvalue weighted by molar-refractivity contribution is 0.661. The van der Waals surface area contributed by atoms with Crippen LogP contribution < -0.4 is 4.90 Å². The number of rotatable bonds is 2. The van der Waals surface area contributed by atoms with Crippen molar-refractivity contribution in [3.05, 3.63) is 42.5 Å². The summed E-state index contributed by atoms with van der Waals surface area (Å²) in [5, 5.41) is 2.38. The largest absolute Gasteiger partial charge is 0.454 e. The molecule has 0 radical (unpaired) electrons. The summed E-state index contributed by atoms with van der Waals surface area (Å²) in [5.74, 6) is 0. The van der Waals surface area contributed by atoms with Crippen molar-refractivity contribution in [1.29, 1.82) is 0 Å². The quantitative estimate of drug-likeness (QED) is 0.657.